The first-order valence-corrected chi connectivity index (χ1v) is 8.13. The molecule has 6 nitrogen and oxygen atoms in total. The van der Waals surface area contributed by atoms with E-state index in [1.807, 2.05) is 0 Å². The molecule has 0 saturated carbocycles. The van der Waals surface area contributed by atoms with Crippen LogP contribution in [0.25, 0.3) is 0 Å². The molecule has 0 aliphatic rings. The van der Waals surface area contributed by atoms with E-state index in [0.717, 1.165) is 0 Å². The smallest absolute Gasteiger partial charge is 0.240 e. The molecule has 1 rings (SSSR count). The molecule has 1 N–H and O–H groups in total. The highest BCUT2D eigenvalue weighted by molar-refractivity contribution is 7.89. The Morgan fingerprint density at radius 3 is 2.67 bits per heavy atom. The van der Waals surface area contributed by atoms with E-state index >= 15 is 0 Å². The highest BCUT2D eigenvalue weighted by Gasteiger charge is 2.14. The van der Waals surface area contributed by atoms with Crippen molar-refractivity contribution in [2.75, 3.05) is 33.5 Å². The molecule has 0 aromatic heterocycles. The van der Waals surface area contributed by atoms with E-state index in [2.05, 4.69) is 4.72 Å². The summed E-state index contributed by atoms with van der Waals surface area (Å²) in [4.78, 5) is 11.4. The van der Waals surface area contributed by atoms with Crippen molar-refractivity contribution in [3.05, 3.63) is 29.8 Å². The number of ketones is 1. The molecule has 0 aliphatic heterocycles. The Labute approximate surface area is 125 Å². The summed E-state index contributed by atoms with van der Waals surface area (Å²) < 4.78 is 36.7. The topological polar surface area (TPSA) is 81.7 Å². The van der Waals surface area contributed by atoms with E-state index in [-0.39, 0.29) is 17.2 Å². The number of carbonyl (C=O) groups excluding carboxylic acids is 1. The van der Waals surface area contributed by atoms with Gasteiger partial charge in [-0.2, -0.15) is 0 Å². The van der Waals surface area contributed by atoms with Crippen LogP contribution in [-0.2, 0) is 19.5 Å². The quantitative estimate of drug-likeness (QED) is 0.518. The number of sulfonamides is 1. The first-order valence-electron chi connectivity index (χ1n) is 6.64. The minimum Gasteiger partial charge on any atom is -0.382 e. The minimum atomic E-state index is -3.60. The van der Waals surface area contributed by atoms with Gasteiger partial charge in [-0.3, -0.25) is 4.79 Å². The van der Waals surface area contributed by atoms with Crippen molar-refractivity contribution >= 4 is 15.8 Å². The van der Waals surface area contributed by atoms with Gasteiger partial charge < -0.3 is 9.47 Å². The number of methoxy groups -OCH3 is 1. The molecule has 0 radical (unpaired) electrons. The van der Waals surface area contributed by atoms with Gasteiger partial charge in [0.05, 0.1) is 18.1 Å². The maximum absolute atomic E-state index is 12.1. The Bertz CT molecular complexity index is 556. The average molecular weight is 315 g/mol. The van der Waals surface area contributed by atoms with Crippen LogP contribution in [0.5, 0.6) is 0 Å². The largest absolute Gasteiger partial charge is 0.382 e. The lowest BCUT2D eigenvalue weighted by molar-refractivity contribution is 0.0699. The van der Waals surface area contributed by atoms with Gasteiger partial charge in [0.25, 0.3) is 0 Å². The molecule has 0 unspecified atom stereocenters. The molecular formula is C14H21NO5S. The van der Waals surface area contributed by atoms with Crippen molar-refractivity contribution in [1.29, 1.82) is 0 Å². The maximum Gasteiger partial charge on any atom is 0.240 e. The summed E-state index contributed by atoms with van der Waals surface area (Å²) in [6.07, 6.45) is 0.565. The summed E-state index contributed by atoms with van der Waals surface area (Å²) in [5.41, 5.74) is 0.376. The van der Waals surface area contributed by atoms with Crippen LogP contribution >= 0.6 is 0 Å². The standard InChI is InChI=1S/C14H21NO5S/c1-12(16)13-5-3-6-14(11-13)21(17,18)15-7-4-8-20-10-9-19-2/h3,5-6,11,15H,4,7-10H2,1-2H3. The predicted molar refractivity (Wildman–Crippen MR) is 78.9 cm³/mol. The van der Waals surface area contributed by atoms with Crippen LogP contribution in [0.15, 0.2) is 29.2 Å². The van der Waals surface area contributed by atoms with Crippen molar-refractivity contribution in [3.8, 4) is 0 Å². The van der Waals surface area contributed by atoms with E-state index in [0.29, 0.717) is 31.8 Å². The second kappa shape index (κ2) is 8.89. The van der Waals surface area contributed by atoms with E-state index in [1.165, 1.54) is 19.1 Å². The first kappa shape index (κ1) is 17.8. The number of rotatable bonds is 10. The lowest BCUT2D eigenvalue weighted by Crippen LogP contribution is -2.26. The Morgan fingerprint density at radius 1 is 1.24 bits per heavy atom. The van der Waals surface area contributed by atoms with Gasteiger partial charge in [0.1, 0.15) is 0 Å². The van der Waals surface area contributed by atoms with Crippen LogP contribution in [0.3, 0.4) is 0 Å². The fourth-order valence-electron chi connectivity index (χ4n) is 1.59. The molecule has 0 aliphatic carbocycles. The third kappa shape index (κ3) is 6.34. The van der Waals surface area contributed by atoms with Crippen molar-refractivity contribution in [2.45, 2.75) is 18.2 Å². The van der Waals surface area contributed by atoms with Gasteiger partial charge in [0.2, 0.25) is 10.0 Å². The first-order chi connectivity index (χ1) is 9.97. The predicted octanol–water partition coefficient (Wildman–Crippen LogP) is 1.22. The zero-order chi connectivity index (χ0) is 15.7. The number of hydrogen-bond donors (Lipinski definition) is 1. The number of hydrogen-bond acceptors (Lipinski definition) is 5. The molecule has 0 amide bonds. The van der Waals surface area contributed by atoms with E-state index in [4.69, 9.17) is 9.47 Å². The summed E-state index contributed by atoms with van der Waals surface area (Å²) in [5.74, 6) is -0.168. The molecule has 0 spiro atoms. The molecule has 0 heterocycles. The molecule has 0 bridgehead atoms. The molecule has 118 valence electrons. The van der Waals surface area contributed by atoms with Gasteiger partial charge in [-0.25, -0.2) is 13.1 Å². The SMILES string of the molecule is COCCOCCCNS(=O)(=O)c1cccc(C(C)=O)c1. The number of ether oxygens (including phenoxy) is 2. The molecule has 21 heavy (non-hydrogen) atoms. The summed E-state index contributed by atoms with van der Waals surface area (Å²) in [6.45, 7) is 3.14. The van der Waals surface area contributed by atoms with Gasteiger partial charge >= 0.3 is 0 Å². The lowest BCUT2D eigenvalue weighted by Gasteiger charge is -2.08. The second-order valence-electron chi connectivity index (χ2n) is 4.44. The Balaban J connectivity index is 2.46. The van der Waals surface area contributed by atoms with Crippen LogP contribution in [0, 0.1) is 0 Å². The Hall–Kier alpha value is -1.28. The summed E-state index contributed by atoms with van der Waals surface area (Å²) >= 11 is 0. The van der Waals surface area contributed by atoms with E-state index < -0.39 is 10.0 Å². The van der Waals surface area contributed by atoms with Gasteiger partial charge in [-0.05, 0) is 25.5 Å². The fourth-order valence-corrected chi connectivity index (χ4v) is 2.71. The van der Waals surface area contributed by atoms with Crippen molar-refractivity contribution in [3.63, 3.8) is 0 Å². The van der Waals surface area contributed by atoms with Crippen molar-refractivity contribution in [1.82, 2.24) is 4.72 Å². The second-order valence-corrected chi connectivity index (χ2v) is 6.21. The normalized spacial score (nSPS) is 11.5. The monoisotopic (exact) mass is 315 g/mol. The van der Waals surface area contributed by atoms with Crippen LogP contribution in [0.2, 0.25) is 0 Å². The molecule has 1 aromatic carbocycles. The molecule has 0 atom stereocenters. The van der Waals surface area contributed by atoms with Crippen LogP contribution in [-0.4, -0.2) is 47.7 Å². The highest BCUT2D eigenvalue weighted by Crippen LogP contribution is 2.11. The van der Waals surface area contributed by atoms with Gasteiger partial charge in [0, 0.05) is 25.8 Å². The van der Waals surface area contributed by atoms with E-state index in [9.17, 15) is 13.2 Å². The molecule has 1 aromatic rings. The zero-order valence-electron chi connectivity index (χ0n) is 12.3. The third-order valence-corrected chi connectivity index (χ3v) is 4.20. The van der Waals surface area contributed by atoms with Crippen LogP contribution in [0.1, 0.15) is 23.7 Å². The van der Waals surface area contributed by atoms with Crippen molar-refractivity contribution in [2.24, 2.45) is 0 Å². The summed E-state index contributed by atoms with van der Waals surface area (Å²) in [5, 5.41) is 0. The molecular weight excluding hydrogens is 294 g/mol. The Morgan fingerprint density at radius 2 is 2.00 bits per heavy atom. The Kier molecular flexibility index (Phi) is 7.52. The fraction of sp³-hybridized carbons (Fsp3) is 0.500. The molecule has 0 fully saturated rings. The number of nitrogens with one attached hydrogen (secondary N) is 1. The number of carbonyl (C=O) groups is 1. The number of benzene rings is 1. The van der Waals surface area contributed by atoms with Gasteiger partial charge in [0.15, 0.2) is 5.78 Å². The average Bonchev–Trinajstić information content (AvgIpc) is 2.46. The van der Waals surface area contributed by atoms with Crippen molar-refractivity contribution < 1.29 is 22.7 Å². The van der Waals surface area contributed by atoms with Gasteiger partial charge in [-0.1, -0.05) is 12.1 Å². The summed E-state index contributed by atoms with van der Waals surface area (Å²) in [7, 11) is -2.01. The molecule has 7 heteroatoms. The lowest BCUT2D eigenvalue weighted by atomic mass is 10.2. The van der Waals surface area contributed by atoms with Crippen LogP contribution in [0.4, 0.5) is 0 Å². The van der Waals surface area contributed by atoms with Gasteiger partial charge in [-0.15, -0.1) is 0 Å². The third-order valence-electron chi connectivity index (χ3n) is 2.74. The molecule has 0 saturated heterocycles. The van der Waals surface area contributed by atoms with Crippen LogP contribution < -0.4 is 4.72 Å². The minimum absolute atomic E-state index is 0.0931. The maximum atomic E-state index is 12.1. The zero-order valence-corrected chi connectivity index (χ0v) is 13.1. The highest BCUT2D eigenvalue weighted by atomic mass is 32.2. The van der Waals surface area contributed by atoms with E-state index in [1.54, 1.807) is 19.2 Å². The number of Topliss-reactive ketones (excluding diaryl/α,β-unsaturated/α-hetero) is 1. The summed E-state index contributed by atoms with van der Waals surface area (Å²) in [6, 6.07) is 5.98.